The van der Waals surface area contributed by atoms with E-state index >= 15 is 0 Å². The molecule has 1 spiro atoms. The predicted octanol–water partition coefficient (Wildman–Crippen LogP) is 1.68. The van der Waals surface area contributed by atoms with Crippen molar-refractivity contribution in [1.82, 2.24) is 9.88 Å². The van der Waals surface area contributed by atoms with Gasteiger partial charge in [0.05, 0.1) is 5.54 Å². The number of carbonyl (C=O) groups excluding carboxylic acids is 1. The molecule has 1 saturated heterocycles. The van der Waals surface area contributed by atoms with Gasteiger partial charge in [-0.25, -0.2) is 0 Å². The number of fused-ring (bicyclic) bond motifs is 2. The number of nitrogens with one attached hydrogen (secondary N) is 1. The lowest BCUT2D eigenvalue weighted by Crippen LogP contribution is -2.55. The summed E-state index contributed by atoms with van der Waals surface area (Å²) in [6.45, 7) is 2.07. The monoisotopic (exact) mass is 340 g/mol. The van der Waals surface area contributed by atoms with Gasteiger partial charge in [0.2, 0.25) is 5.43 Å². The standard InChI is InChI=1S/C19H20N2O4/c22-15-6-9-21-16(17(15)25-12-14-4-2-1-3-5-14)18(23)20-13-19(21)7-10-24-11-8-19/h1-6,9H,7-8,10-13H2,(H,20,23). The minimum absolute atomic E-state index is 0.120. The number of aromatic nitrogens is 1. The van der Waals surface area contributed by atoms with Crippen molar-refractivity contribution in [3.8, 4) is 5.75 Å². The van der Waals surface area contributed by atoms with Gasteiger partial charge in [0.15, 0.2) is 11.4 Å². The Labute approximate surface area is 145 Å². The molecule has 0 atom stereocenters. The highest BCUT2D eigenvalue weighted by molar-refractivity contribution is 5.96. The highest BCUT2D eigenvalue weighted by atomic mass is 16.5. The van der Waals surface area contributed by atoms with E-state index < -0.39 is 0 Å². The van der Waals surface area contributed by atoms with E-state index in [9.17, 15) is 9.59 Å². The van der Waals surface area contributed by atoms with Crippen molar-refractivity contribution in [2.75, 3.05) is 19.8 Å². The van der Waals surface area contributed by atoms with Crippen molar-refractivity contribution in [3.63, 3.8) is 0 Å². The van der Waals surface area contributed by atoms with Crippen LogP contribution in [0.3, 0.4) is 0 Å². The van der Waals surface area contributed by atoms with Crippen LogP contribution in [0, 0.1) is 0 Å². The molecule has 6 heteroatoms. The third-order valence-corrected chi connectivity index (χ3v) is 5.01. The van der Waals surface area contributed by atoms with Gasteiger partial charge in [-0.3, -0.25) is 9.59 Å². The Kier molecular flexibility index (Phi) is 4.05. The van der Waals surface area contributed by atoms with Gasteiger partial charge >= 0.3 is 0 Å². The number of nitrogens with zero attached hydrogens (tertiary/aromatic N) is 1. The van der Waals surface area contributed by atoms with Gasteiger partial charge in [0.25, 0.3) is 5.91 Å². The van der Waals surface area contributed by atoms with Crippen LogP contribution >= 0.6 is 0 Å². The van der Waals surface area contributed by atoms with E-state index in [4.69, 9.17) is 9.47 Å². The van der Waals surface area contributed by atoms with Crippen LogP contribution in [0.25, 0.3) is 0 Å². The quantitative estimate of drug-likeness (QED) is 0.923. The number of benzene rings is 1. The first-order chi connectivity index (χ1) is 12.2. The molecule has 1 amide bonds. The molecule has 4 rings (SSSR count). The molecular weight excluding hydrogens is 320 g/mol. The SMILES string of the molecule is O=C1NCC2(CCOCC2)n2ccc(=O)c(OCc3ccccc3)c21. The van der Waals surface area contributed by atoms with Crippen molar-refractivity contribution < 1.29 is 14.3 Å². The first-order valence-corrected chi connectivity index (χ1v) is 8.48. The topological polar surface area (TPSA) is 69.6 Å². The van der Waals surface area contributed by atoms with Crippen LogP contribution in [0.1, 0.15) is 28.9 Å². The van der Waals surface area contributed by atoms with Crippen LogP contribution < -0.4 is 15.5 Å². The normalized spacial score (nSPS) is 18.5. The number of hydrogen-bond acceptors (Lipinski definition) is 4. The van der Waals surface area contributed by atoms with E-state index in [0.29, 0.717) is 25.5 Å². The molecule has 130 valence electrons. The number of amides is 1. The zero-order chi connectivity index (χ0) is 17.3. The van der Waals surface area contributed by atoms with Crippen LogP contribution in [-0.2, 0) is 16.9 Å². The molecule has 0 bridgehead atoms. The molecule has 1 aromatic heterocycles. The molecule has 2 aliphatic rings. The maximum absolute atomic E-state index is 12.5. The van der Waals surface area contributed by atoms with Crippen LogP contribution in [0.5, 0.6) is 5.75 Å². The highest BCUT2D eigenvalue weighted by Crippen LogP contribution is 2.34. The summed E-state index contributed by atoms with van der Waals surface area (Å²) in [6.07, 6.45) is 3.31. The van der Waals surface area contributed by atoms with Gasteiger partial charge in [-0.1, -0.05) is 30.3 Å². The fourth-order valence-electron chi connectivity index (χ4n) is 3.58. The molecule has 0 saturated carbocycles. The Hall–Kier alpha value is -2.60. The minimum Gasteiger partial charge on any atom is -0.483 e. The van der Waals surface area contributed by atoms with Gasteiger partial charge in [0.1, 0.15) is 6.61 Å². The summed E-state index contributed by atoms with van der Waals surface area (Å²) >= 11 is 0. The third kappa shape index (κ3) is 2.82. The fraction of sp³-hybridized carbons (Fsp3) is 0.368. The zero-order valence-corrected chi connectivity index (χ0v) is 13.9. The van der Waals surface area contributed by atoms with Crippen LogP contribution in [0.15, 0.2) is 47.4 Å². The molecule has 0 radical (unpaired) electrons. The number of carbonyl (C=O) groups is 1. The second kappa shape index (κ2) is 6.37. The smallest absolute Gasteiger partial charge is 0.272 e. The second-order valence-electron chi connectivity index (χ2n) is 6.52. The fourth-order valence-corrected chi connectivity index (χ4v) is 3.58. The van der Waals surface area contributed by atoms with E-state index in [0.717, 1.165) is 18.4 Å². The van der Waals surface area contributed by atoms with Gasteiger partial charge in [-0.15, -0.1) is 0 Å². The summed E-state index contributed by atoms with van der Waals surface area (Å²) in [4.78, 5) is 24.9. The number of ether oxygens (including phenoxy) is 2. The largest absolute Gasteiger partial charge is 0.483 e. The number of rotatable bonds is 3. The van der Waals surface area contributed by atoms with Crippen molar-refractivity contribution in [3.05, 3.63) is 64.1 Å². The van der Waals surface area contributed by atoms with E-state index in [2.05, 4.69) is 5.32 Å². The van der Waals surface area contributed by atoms with E-state index in [1.807, 2.05) is 34.9 Å². The Balaban J connectivity index is 1.74. The van der Waals surface area contributed by atoms with Gasteiger partial charge < -0.3 is 19.4 Å². The second-order valence-corrected chi connectivity index (χ2v) is 6.52. The molecule has 25 heavy (non-hydrogen) atoms. The molecule has 1 fully saturated rings. The lowest BCUT2D eigenvalue weighted by atomic mass is 9.87. The van der Waals surface area contributed by atoms with Gasteiger partial charge in [-0.05, 0) is 18.4 Å². The van der Waals surface area contributed by atoms with Crippen molar-refractivity contribution >= 4 is 5.91 Å². The molecule has 0 unspecified atom stereocenters. The Morgan fingerprint density at radius 3 is 2.64 bits per heavy atom. The molecule has 2 aliphatic heterocycles. The van der Waals surface area contributed by atoms with Crippen LogP contribution in [0.4, 0.5) is 0 Å². The average molecular weight is 340 g/mol. The summed E-state index contributed by atoms with van der Waals surface area (Å²) in [5.41, 5.74) is 0.736. The molecule has 1 aromatic carbocycles. The predicted molar refractivity (Wildman–Crippen MR) is 91.8 cm³/mol. The van der Waals surface area contributed by atoms with Gasteiger partial charge in [-0.2, -0.15) is 0 Å². The summed E-state index contributed by atoms with van der Waals surface area (Å²) in [7, 11) is 0. The van der Waals surface area contributed by atoms with Crippen molar-refractivity contribution in [1.29, 1.82) is 0 Å². The van der Waals surface area contributed by atoms with Crippen molar-refractivity contribution in [2.24, 2.45) is 0 Å². The maximum Gasteiger partial charge on any atom is 0.272 e. The van der Waals surface area contributed by atoms with Crippen LogP contribution in [-0.4, -0.2) is 30.2 Å². The molecule has 1 N–H and O–H groups in total. The summed E-state index contributed by atoms with van der Waals surface area (Å²) in [6, 6.07) is 11.1. The Morgan fingerprint density at radius 1 is 1.12 bits per heavy atom. The summed E-state index contributed by atoms with van der Waals surface area (Å²) in [5.74, 6) is -0.146. The van der Waals surface area contributed by atoms with Crippen LogP contribution in [0.2, 0.25) is 0 Å². The first-order valence-electron chi connectivity index (χ1n) is 8.48. The molecule has 6 nitrogen and oxygen atoms in total. The van der Waals surface area contributed by atoms with Crippen molar-refractivity contribution in [2.45, 2.75) is 25.0 Å². The minimum atomic E-state index is -0.276. The summed E-state index contributed by atoms with van der Waals surface area (Å²) in [5, 5.41) is 2.93. The third-order valence-electron chi connectivity index (χ3n) is 5.01. The number of pyridine rings is 1. The lowest BCUT2D eigenvalue weighted by Gasteiger charge is -2.43. The summed E-state index contributed by atoms with van der Waals surface area (Å²) < 4.78 is 13.2. The van der Waals surface area contributed by atoms with E-state index in [-0.39, 0.29) is 29.2 Å². The molecule has 0 aliphatic carbocycles. The maximum atomic E-state index is 12.5. The van der Waals surface area contributed by atoms with E-state index in [1.54, 1.807) is 6.20 Å². The highest BCUT2D eigenvalue weighted by Gasteiger charge is 2.41. The Bertz CT molecular complexity index is 838. The molecule has 3 heterocycles. The van der Waals surface area contributed by atoms with E-state index in [1.165, 1.54) is 6.07 Å². The number of hydrogen-bond donors (Lipinski definition) is 1. The first kappa shape index (κ1) is 15.9. The lowest BCUT2D eigenvalue weighted by molar-refractivity contribution is 0.0138. The average Bonchev–Trinajstić information content (AvgIpc) is 2.65. The van der Waals surface area contributed by atoms with Gasteiger partial charge in [0, 0.05) is 32.0 Å². The Morgan fingerprint density at radius 2 is 1.88 bits per heavy atom. The molecular formula is C19H20N2O4. The zero-order valence-electron chi connectivity index (χ0n) is 13.9. The molecule has 2 aromatic rings.